The molecule has 4 heteroatoms. The molecule has 0 bridgehead atoms. The van der Waals surface area contributed by atoms with Crippen LogP contribution in [-0.4, -0.2) is 10.1 Å². The fraction of sp³-hybridized carbons (Fsp3) is 0.0500. The topological polar surface area (TPSA) is 46.3 Å². The number of halogens is 1. The van der Waals surface area contributed by atoms with E-state index in [-0.39, 0.29) is 5.82 Å². The predicted octanol–water partition coefficient (Wildman–Crippen LogP) is 4.25. The molecule has 0 fully saturated rings. The van der Waals surface area contributed by atoms with Crippen LogP contribution < -0.4 is 0 Å². The molecule has 1 atom stereocenters. The molecule has 2 aromatic heterocycles. The second kappa shape index (κ2) is 5.58. The molecule has 0 aliphatic rings. The number of furan rings is 1. The molecular weight excluding hydrogens is 305 g/mol. The van der Waals surface area contributed by atoms with Crippen LogP contribution in [0.4, 0.5) is 4.39 Å². The lowest BCUT2D eigenvalue weighted by atomic mass is 9.85. The maximum absolute atomic E-state index is 13.3. The van der Waals surface area contributed by atoms with Crippen LogP contribution in [0.2, 0.25) is 0 Å². The summed E-state index contributed by atoms with van der Waals surface area (Å²) in [5.74, 6) is 0.000186. The quantitative estimate of drug-likeness (QED) is 0.614. The Bertz CT molecular complexity index is 946. The summed E-state index contributed by atoms with van der Waals surface area (Å²) in [6, 6.07) is 18.6. The Labute approximate surface area is 138 Å². The van der Waals surface area contributed by atoms with Crippen LogP contribution in [0.15, 0.2) is 83.5 Å². The van der Waals surface area contributed by atoms with Gasteiger partial charge in [-0.05, 0) is 35.9 Å². The zero-order chi connectivity index (χ0) is 16.6. The molecule has 1 unspecified atom stereocenters. The molecule has 4 aromatic rings. The number of nitrogens with zero attached hydrogens (tertiary/aromatic N) is 1. The maximum atomic E-state index is 13.3. The highest BCUT2D eigenvalue weighted by Gasteiger charge is 2.37. The summed E-state index contributed by atoms with van der Waals surface area (Å²) in [5, 5.41) is 12.4. The monoisotopic (exact) mass is 319 g/mol. The van der Waals surface area contributed by atoms with Crippen LogP contribution in [0, 0.1) is 5.82 Å². The van der Waals surface area contributed by atoms with Gasteiger partial charge < -0.3 is 9.52 Å². The van der Waals surface area contributed by atoms with Gasteiger partial charge in [0, 0.05) is 23.3 Å². The average molecular weight is 319 g/mol. The Hall–Kier alpha value is -2.98. The van der Waals surface area contributed by atoms with E-state index in [1.54, 1.807) is 42.7 Å². The first-order valence-corrected chi connectivity index (χ1v) is 7.56. The number of aliphatic hydroxyl groups is 1. The summed E-state index contributed by atoms with van der Waals surface area (Å²) in [5.41, 5.74) is 0.185. The third-order valence-electron chi connectivity index (χ3n) is 4.12. The van der Waals surface area contributed by atoms with E-state index < -0.39 is 5.60 Å². The highest BCUT2D eigenvalue weighted by molar-refractivity contribution is 5.78. The lowest BCUT2D eigenvalue weighted by Gasteiger charge is -2.26. The van der Waals surface area contributed by atoms with Crippen LogP contribution in [-0.2, 0) is 5.60 Å². The van der Waals surface area contributed by atoms with E-state index in [2.05, 4.69) is 4.98 Å². The first kappa shape index (κ1) is 14.6. The Morgan fingerprint density at radius 3 is 2.42 bits per heavy atom. The number of rotatable bonds is 3. The number of aromatic nitrogens is 1. The van der Waals surface area contributed by atoms with Gasteiger partial charge in [0.05, 0.1) is 0 Å². The second-order valence-electron chi connectivity index (χ2n) is 5.61. The lowest BCUT2D eigenvalue weighted by Crippen LogP contribution is -2.28. The molecule has 2 aromatic carbocycles. The van der Waals surface area contributed by atoms with Crippen molar-refractivity contribution in [1.29, 1.82) is 0 Å². The van der Waals surface area contributed by atoms with E-state index in [4.69, 9.17) is 4.42 Å². The number of fused-ring (bicyclic) bond motifs is 1. The molecule has 0 aliphatic heterocycles. The van der Waals surface area contributed by atoms with E-state index >= 15 is 0 Å². The van der Waals surface area contributed by atoms with Crippen LogP contribution in [0.5, 0.6) is 0 Å². The fourth-order valence-electron chi connectivity index (χ4n) is 2.88. The van der Waals surface area contributed by atoms with Crippen molar-refractivity contribution in [2.24, 2.45) is 0 Å². The molecule has 2 heterocycles. The summed E-state index contributed by atoms with van der Waals surface area (Å²) in [4.78, 5) is 4.10. The highest BCUT2D eigenvalue weighted by atomic mass is 19.1. The molecular formula is C20H14FNO2. The molecule has 0 spiro atoms. The number of para-hydroxylation sites is 1. The Morgan fingerprint density at radius 1 is 0.917 bits per heavy atom. The van der Waals surface area contributed by atoms with E-state index in [1.165, 1.54) is 12.1 Å². The van der Waals surface area contributed by atoms with Gasteiger partial charge in [-0.25, -0.2) is 4.39 Å². The van der Waals surface area contributed by atoms with Crippen LogP contribution in [0.3, 0.4) is 0 Å². The molecule has 3 nitrogen and oxygen atoms in total. The number of pyridine rings is 1. The van der Waals surface area contributed by atoms with Gasteiger partial charge in [0.2, 0.25) is 0 Å². The predicted molar refractivity (Wildman–Crippen MR) is 89.0 cm³/mol. The summed E-state index contributed by atoms with van der Waals surface area (Å²) in [7, 11) is 0. The van der Waals surface area contributed by atoms with E-state index in [1.807, 2.05) is 24.3 Å². The van der Waals surface area contributed by atoms with Gasteiger partial charge in [0.15, 0.2) is 5.60 Å². The van der Waals surface area contributed by atoms with Crippen molar-refractivity contribution in [3.8, 4) is 0 Å². The van der Waals surface area contributed by atoms with Crippen LogP contribution in [0.25, 0.3) is 11.0 Å². The minimum Gasteiger partial charge on any atom is -0.457 e. The Kier molecular flexibility index (Phi) is 3.40. The zero-order valence-corrected chi connectivity index (χ0v) is 12.7. The largest absolute Gasteiger partial charge is 0.457 e. The summed E-state index contributed by atoms with van der Waals surface area (Å²) in [6.07, 6.45) is 3.21. The van der Waals surface area contributed by atoms with E-state index in [9.17, 15) is 9.50 Å². The molecule has 0 radical (unpaired) electrons. The fourth-order valence-corrected chi connectivity index (χ4v) is 2.88. The highest BCUT2D eigenvalue weighted by Crippen LogP contribution is 2.38. The molecule has 0 aliphatic carbocycles. The van der Waals surface area contributed by atoms with Gasteiger partial charge in [-0.1, -0.05) is 36.4 Å². The molecule has 0 saturated heterocycles. The SMILES string of the molecule is OC(c1ccc(F)cc1)(c1cccnc1)c1cc2ccccc2o1. The van der Waals surface area contributed by atoms with Crippen molar-refractivity contribution in [3.05, 3.63) is 102 Å². The van der Waals surface area contributed by atoms with Gasteiger partial charge in [-0.15, -0.1) is 0 Å². The van der Waals surface area contributed by atoms with Gasteiger partial charge in [-0.3, -0.25) is 4.98 Å². The van der Waals surface area contributed by atoms with Gasteiger partial charge in [0.25, 0.3) is 0 Å². The summed E-state index contributed by atoms with van der Waals surface area (Å²) < 4.78 is 19.2. The molecule has 118 valence electrons. The minimum absolute atomic E-state index is 0.364. The number of hydrogen-bond donors (Lipinski definition) is 1. The molecule has 1 N–H and O–H groups in total. The van der Waals surface area contributed by atoms with Gasteiger partial charge in [-0.2, -0.15) is 0 Å². The van der Waals surface area contributed by atoms with Gasteiger partial charge >= 0.3 is 0 Å². The number of hydrogen-bond acceptors (Lipinski definition) is 3. The smallest absolute Gasteiger partial charge is 0.174 e. The normalized spacial score (nSPS) is 13.8. The summed E-state index contributed by atoms with van der Waals surface area (Å²) in [6.45, 7) is 0. The van der Waals surface area contributed by atoms with Crippen LogP contribution in [0.1, 0.15) is 16.9 Å². The van der Waals surface area contributed by atoms with Crippen molar-refractivity contribution in [2.45, 2.75) is 5.60 Å². The molecule has 0 amide bonds. The van der Waals surface area contributed by atoms with Crippen molar-refractivity contribution in [2.75, 3.05) is 0 Å². The third-order valence-corrected chi connectivity index (χ3v) is 4.12. The van der Waals surface area contributed by atoms with Crippen molar-refractivity contribution in [3.63, 3.8) is 0 Å². The molecule has 4 rings (SSSR count). The average Bonchev–Trinajstić information content (AvgIpc) is 3.07. The van der Waals surface area contributed by atoms with E-state index in [0.29, 0.717) is 22.5 Å². The van der Waals surface area contributed by atoms with Crippen molar-refractivity contribution < 1.29 is 13.9 Å². The number of benzene rings is 2. The standard InChI is InChI=1S/C20H14FNO2/c21-17-9-7-15(8-10-17)20(23,16-5-3-11-22-13-16)19-12-14-4-1-2-6-18(14)24-19/h1-13,23H. The Morgan fingerprint density at radius 2 is 1.71 bits per heavy atom. The zero-order valence-electron chi connectivity index (χ0n) is 12.7. The first-order chi connectivity index (χ1) is 11.7. The maximum Gasteiger partial charge on any atom is 0.174 e. The third kappa shape index (κ3) is 2.28. The van der Waals surface area contributed by atoms with Crippen molar-refractivity contribution >= 4 is 11.0 Å². The molecule has 0 saturated carbocycles. The Balaban J connectivity index is 1.98. The first-order valence-electron chi connectivity index (χ1n) is 7.56. The van der Waals surface area contributed by atoms with E-state index in [0.717, 1.165) is 5.39 Å². The summed E-state index contributed by atoms with van der Waals surface area (Å²) >= 11 is 0. The van der Waals surface area contributed by atoms with Gasteiger partial charge in [0.1, 0.15) is 17.2 Å². The minimum atomic E-state index is -1.55. The lowest BCUT2D eigenvalue weighted by molar-refractivity contribution is 0.101. The van der Waals surface area contributed by atoms with Crippen LogP contribution >= 0.6 is 0 Å². The van der Waals surface area contributed by atoms with Crippen molar-refractivity contribution in [1.82, 2.24) is 4.98 Å². The second-order valence-corrected chi connectivity index (χ2v) is 5.61. The molecule has 24 heavy (non-hydrogen) atoms.